The number of rotatable bonds is 3. The number of likely N-dealkylation sites (tertiary alicyclic amines) is 1. The third kappa shape index (κ3) is 2.97. The molecule has 0 N–H and O–H groups in total. The van der Waals surface area contributed by atoms with Crippen LogP contribution in [-0.2, 0) is 18.4 Å². The minimum atomic E-state index is -0.238. The molecule has 0 radical (unpaired) electrons. The fourth-order valence-electron chi connectivity index (χ4n) is 3.32. The highest BCUT2D eigenvalue weighted by Gasteiger charge is 2.33. The molecule has 1 aromatic heterocycles. The molecule has 0 saturated carbocycles. The summed E-state index contributed by atoms with van der Waals surface area (Å²) in [4.78, 5) is 18.4. The van der Waals surface area contributed by atoms with Crippen molar-refractivity contribution < 1.29 is 9.53 Å². The van der Waals surface area contributed by atoms with Gasteiger partial charge in [-0.25, -0.2) is 9.78 Å². The topological polar surface area (TPSA) is 47.4 Å². The van der Waals surface area contributed by atoms with Crippen LogP contribution in [0.3, 0.4) is 0 Å². The first-order chi connectivity index (χ1) is 12.1. The van der Waals surface area contributed by atoms with Gasteiger partial charge in [0, 0.05) is 26.1 Å². The normalized spacial score (nSPS) is 14.6. The lowest BCUT2D eigenvalue weighted by atomic mass is 9.90. The van der Waals surface area contributed by atoms with E-state index in [4.69, 9.17) is 4.74 Å². The van der Waals surface area contributed by atoms with E-state index in [0.29, 0.717) is 25.6 Å². The van der Waals surface area contributed by atoms with Crippen LogP contribution in [0.1, 0.15) is 22.6 Å². The standard InChI is InChI=1S/C20H21N3O2/c1-14-8-16(9-18-19(14)21-13-22(18)2)17-10-23(11-17)20(24)25-12-15-6-4-3-5-7-15/h3-9,13,17H,10-12H2,1-2H3. The van der Waals surface area contributed by atoms with E-state index in [0.717, 1.165) is 16.6 Å². The summed E-state index contributed by atoms with van der Waals surface area (Å²) in [6, 6.07) is 14.1. The van der Waals surface area contributed by atoms with Crippen LogP contribution in [0, 0.1) is 6.92 Å². The lowest BCUT2D eigenvalue weighted by molar-refractivity contribution is 0.0664. The molecule has 1 aliphatic heterocycles. The number of nitrogens with zero attached hydrogens (tertiary/aromatic N) is 3. The lowest BCUT2D eigenvalue weighted by Crippen LogP contribution is -2.48. The highest BCUT2D eigenvalue weighted by Crippen LogP contribution is 2.31. The summed E-state index contributed by atoms with van der Waals surface area (Å²) in [6.07, 6.45) is 1.61. The number of carbonyl (C=O) groups is 1. The first-order valence-electron chi connectivity index (χ1n) is 8.49. The van der Waals surface area contributed by atoms with Gasteiger partial charge in [-0.2, -0.15) is 0 Å². The molecule has 1 fully saturated rings. The number of carbonyl (C=O) groups excluding carboxylic acids is 1. The Balaban J connectivity index is 1.38. The van der Waals surface area contributed by atoms with Gasteiger partial charge in [0.15, 0.2) is 0 Å². The van der Waals surface area contributed by atoms with E-state index in [-0.39, 0.29) is 6.09 Å². The summed E-state index contributed by atoms with van der Waals surface area (Å²) in [5.74, 6) is 0.363. The van der Waals surface area contributed by atoms with Crippen molar-refractivity contribution in [2.24, 2.45) is 7.05 Å². The minimum absolute atomic E-state index is 0.238. The van der Waals surface area contributed by atoms with Gasteiger partial charge in [-0.15, -0.1) is 0 Å². The zero-order valence-corrected chi connectivity index (χ0v) is 14.5. The molecule has 128 valence electrons. The Morgan fingerprint density at radius 2 is 2.00 bits per heavy atom. The van der Waals surface area contributed by atoms with Crippen LogP contribution < -0.4 is 0 Å². The highest BCUT2D eigenvalue weighted by atomic mass is 16.6. The molecule has 1 saturated heterocycles. The van der Waals surface area contributed by atoms with Gasteiger partial charge in [0.1, 0.15) is 6.61 Å². The van der Waals surface area contributed by atoms with E-state index in [1.807, 2.05) is 48.3 Å². The average Bonchev–Trinajstić information content (AvgIpc) is 2.94. The van der Waals surface area contributed by atoms with E-state index in [9.17, 15) is 4.79 Å². The number of aryl methyl sites for hydroxylation is 2. The summed E-state index contributed by atoms with van der Waals surface area (Å²) < 4.78 is 7.43. The number of hydrogen-bond acceptors (Lipinski definition) is 3. The summed E-state index contributed by atoms with van der Waals surface area (Å²) in [7, 11) is 2.01. The second-order valence-electron chi connectivity index (χ2n) is 6.70. The Morgan fingerprint density at radius 3 is 2.76 bits per heavy atom. The van der Waals surface area contributed by atoms with Gasteiger partial charge in [-0.1, -0.05) is 36.4 Å². The Labute approximate surface area is 146 Å². The predicted octanol–water partition coefficient (Wildman–Crippen LogP) is 3.62. The van der Waals surface area contributed by atoms with Crippen LogP contribution in [0.5, 0.6) is 0 Å². The van der Waals surface area contributed by atoms with E-state index >= 15 is 0 Å². The molecular formula is C20H21N3O2. The highest BCUT2D eigenvalue weighted by molar-refractivity contribution is 5.80. The van der Waals surface area contributed by atoms with E-state index in [1.54, 1.807) is 4.90 Å². The molecule has 1 aliphatic rings. The average molecular weight is 335 g/mol. The molecule has 3 aromatic rings. The smallest absolute Gasteiger partial charge is 0.410 e. The fraction of sp³-hybridized carbons (Fsp3) is 0.300. The fourth-order valence-corrected chi connectivity index (χ4v) is 3.32. The van der Waals surface area contributed by atoms with E-state index in [2.05, 4.69) is 24.0 Å². The summed E-state index contributed by atoms with van der Waals surface area (Å²) in [5.41, 5.74) is 5.63. The summed E-state index contributed by atoms with van der Waals surface area (Å²) in [5, 5.41) is 0. The zero-order valence-electron chi connectivity index (χ0n) is 14.5. The van der Waals surface area contributed by atoms with Gasteiger partial charge in [-0.3, -0.25) is 0 Å². The minimum Gasteiger partial charge on any atom is -0.445 e. The molecule has 5 heteroatoms. The van der Waals surface area contributed by atoms with Gasteiger partial charge >= 0.3 is 6.09 Å². The second-order valence-corrected chi connectivity index (χ2v) is 6.70. The molecule has 0 spiro atoms. The second kappa shape index (κ2) is 6.24. The predicted molar refractivity (Wildman–Crippen MR) is 96.4 cm³/mol. The molecule has 25 heavy (non-hydrogen) atoms. The van der Waals surface area contributed by atoms with Gasteiger partial charge in [-0.05, 0) is 29.7 Å². The number of imidazole rings is 1. The van der Waals surface area contributed by atoms with Crippen molar-refractivity contribution in [2.45, 2.75) is 19.4 Å². The molecule has 2 heterocycles. The molecular weight excluding hydrogens is 314 g/mol. The van der Waals surface area contributed by atoms with Crippen LogP contribution in [-0.4, -0.2) is 33.6 Å². The molecule has 1 amide bonds. The number of ether oxygens (including phenoxy) is 1. The van der Waals surface area contributed by atoms with Crippen LogP contribution in [0.4, 0.5) is 4.79 Å². The summed E-state index contributed by atoms with van der Waals surface area (Å²) >= 11 is 0. The first kappa shape index (κ1) is 15.7. The zero-order chi connectivity index (χ0) is 17.4. The Bertz CT molecular complexity index is 911. The van der Waals surface area contributed by atoms with E-state index in [1.165, 1.54) is 11.1 Å². The van der Waals surface area contributed by atoms with Gasteiger partial charge < -0.3 is 14.2 Å². The largest absolute Gasteiger partial charge is 0.445 e. The van der Waals surface area contributed by atoms with Crippen molar-refractivity contribution in [1.29, 1.82) is 0 Å². The number of benzene rings is 2. The van der Waals surface area contributed by atoms with Crippen molar-refractivity contribution in [1.82, 2.24) is 14.5 Å². The van der Waals surface area contributed by atoms with E-state index < -0.39 is 0 Å². The van der Waals surface area contributed by atoms with Crippen LogP contribution in [0.2, 0.25) is 0 Å². The van der Waals surface area contributed by atoms with Crippen molar-refractivity contribution in [3.8, 4) is 0 Å². The maximum absolute atomic E-state index is 12.2. The number of fused-ring (bicyclic) bond motifs is 1. The SMILES string of the molecule is Cc1cc(C2CN(C(=O)OCc3ccccc3)C2)cc2c1ncn2C. The third-order valence-corrected chi connectivity index (χ3v) is 4.86. The molecule has 2 aromatic carbocycles. The monoisotopic (exact) mass is 335 g/mol. The number of hydrogen-bond donors (Lipinski definition) is 0. The molecule has 0 atom stereocenters. The molecule has 5 nitrogen and oxygen atoms in total. The molecule has 4 rings (SSSR count). The Morgan fingerprint density at radius 1 is 1.24 bits per heavy atom. The quantitative estimate of drug-likeness (QED) is 0.734. The van der Waals surface area contributed by atoms with Crippen LogP contribution >= 0.6 is 0 Å². The third-order valence-electron chi connectivity index (χ3n) is 4.86. The molecule has 0 aliphatic carbocycles. The summed E-state index contributed by atoms with van der Waals surface area (Å²) in [6.45, 7) is 3.82. The van der Waals surface area contributed by atoms with Crippen molar-refractivity contribution in [2.75, 3.05) is 13.1 Å². The Hall–Kier alpha value is -2.82. The molecule has 0 bridgehead atoms. The van der Waals surface area contributed by atoms with Crippen molar-refractivity contribution in [3.05, 3.63) is 65.5 Å². The lowest BCUT2D eigenvalue weighted by Gasteiger charge is -2.38. The van der Waals surface area contributed by atoms with Crippen LogP contribution in [0.25, 0.3) is 11.0 Å². The first-order valence-corrected chi connectivity index (χ1v) is 8.49. The van der Waals surface area contributed by atoms with Crippen LogP contribution in [0.15, 0.2) is 48.8 Å². The maximum atomic E-state index is 12.2. The number of aromatic nitrogens is 2. The molecule has 0 unspecified atom stereocenters. The Kier molecular flexibility index (Phi) is 3.92. The van der Waals surface area contributed by atoms with Gasteiger partial charge in [0.2, 0.25) is 0 Å². The van der Waals surface area contributed by atoms with Crippen molar-refractivity contribution >= 4 is 17.1 Å². The maximum Gasteiger partial charge on any atom is 0.410 e. The van der Waals surface area contributed by atoms with Gasteiger partial charge in [0.25, 0.3) is 0 Å². The number of amides is 1. The van der Waals surface area contributed by atoms with Crippen molar-refractivity contribution in [3.63, 3.8) is 0 Å². The van der Waals surface area contributed by atoms with Gasteiger partial charge in [0.05, 0.1) is 17.4 Å².